The highest BCUT2D eigenvalue weighted by Gasteiger charge is 2.17. The van der Waals surface area contributed by atoms with Crippen molar-refractivity contribution in [2.75, 3.05) is 11.9 Å². The van der Waals surface area contributed by atoms with Crippen molar-refractivity contribution in [3.05, 3.63) is 41.5 Å². The van der Waals surface area contributed by atoms with E-state index in [9.17, 15) is 0 Å². The SMILES string of the molecule is CCCC(OCC)c1noc(CNc2ccc(C)cc2)n1. The van der Waals surface area contributed by atoms with Crippen LogP contribution in [-0.2, 0) is 11.3 Å². The lowest BCUT2D eigenvalue weighted by Gasteiger charge is -2.11. The number of anilines is 1. The Bertz CT molecular complexity index is 531. The highest BCUT2D eigenvalue weighted by atomic mass is 16.5. The molecule has 0 aliphatic heterocycles. The minimum Gasteiger partial charge on any atom is -0.376 e. The molecule has 1 aromatic heterocycles. The summed E-state index contributed by atoms with van der Waals surface area (Å²) < 4.78 is 10.9. The lowest BCUT2D eigenvalue weighted by atomic mass is 10.2. The molecule has 0 bridgehead atoms. The zero-order valence-electron chi connectivity index (χ0n) is 12.9. The number of aryl methyl sites for hydroxylation is 1. The first-order chi connectivity index (χ1) is 10.2. The van der Waals surface area contributed by atoms with Gasteiger partial charge in [-0.1, -0.05) is 36.2 Å². The summed E-state index contributed by atoms with van der Waals surface area (Å²) in [6.07, 6.45) is 1.85. The van der Waals surface area contributed by atoms with Gasteiger partial charge in [-0.05, 0) is 32.4 Å². The smallest absolute Gasteiger partial charge is 0.246 e. The summed E-state index contributed by atoms with van der Waals surface area (Å²) >= 11 is 0. The molecule has 1 N–H and O–H groups in total. The molecule has 0 amide bonds. The number of aromatic nitrogens is 2. The molecular formula is C16H23N3O2. The maximum atomic E-state index is 5.65. The van der Waals surface area contributed by atoms with E-state index in [1.54, 1.807) is 0 Å². The zero-order chi connectivity index (χ0) is 15.1. The van der Waals surface area contributed by atoms with Gasteiger partial charge >= 0.3 is 0 Å². The summed E-state index contributed by atoms with van der Waals surface area (Å²) in [4.78, 5) is 4.42. The number of rotatable bonds is 8. The third kappa shape index (κ3) is 4.56. The highest BCUT2D eigenvalue weighted by molar-refractivity contribution is 5.44. The molecule has 1 heterocycles. The van der Waals surface area contributed by atoms with Crippen LogP contribution in [0.4, 0.5) is 5.69 Å². The standard InChI is InChI=1S/C16H23N3O2/c1-4-6-14(20-5-2)16-18-15(21-19-16)11-17-13-9-7-12(3)8-10-13/h7-10,14,17H,4-6,11H2,1-3H3. The first kappa shape index (κ1) is 15.5. The molecule has 0 spiro atoms. The molecule has 1 atom stereocenters. The molecule has 2 rings (SSSR count). The Morgan fingerprint density at radius 2 is 2.00 bits per heavy atom. The van der Waals surface area contributed by atoms with Gasteiger partial charge in [0.2, 0.25) is 11.7 Å². The fourth-order valence-electron chi connectivity index (χ4n) is 2.07. The van der Waals surface area contributed by atoms with Gasteiger partial charge in [-0.3, -0.25) is 0 Å². The van der Waals surface area contributed by atoms with Crippen LogP contribution in [-0.4, -0.2) is 16.7 Å². The van der Waals surface area contributed by atoms with Crippen molar-refractivity contribution < 1.29 is 9.26 Å². The van der Waals surface area contributed by atoms with Gasteiger partial charge in [-0.25, -0.2) is 0 Å². The topological polar surface area (TPSA) is 60.2 Å². The van der Waals surface area contributed by atoms with Crippen LogP contribution in [0.15, 0.2) is 28.8 Å². The lowest BCUT2D eigenvalue weighted by molar-refractivity contribution is 0.0478. The van der Waals surface area contributed by atoms with Crippen molar-refractivity contribution >= 4 is 5.69 Å². The van der Waals surface area contributed by atoms with Crippen LogP contribution < -0.4 is 5.32 Å². The van der Waals surface area contributed by atoms with E-state index < -0.39 is 0 Å². The van der Waals surface area contributed by atoms with E-state index in [0.717, 1.165) is 18.5 Å². The van der Waals surface area contributed by atoms with Crippen molar-refractivity contribution in [2.24, 2.45) is 0 Å². The summed E-state index contributed by atoms with van der Waals surface area (Å²) in [6, 6.07) is 8.20. The van der Waals surface area contributed by atoms with Crippen LogP contribution in [0.2, 0.25) is 0 Å². The second-order valence-electron chi connectivity index (χ2n) is 5.00. The number of benzene rings is 1. The van der Waals surface area contributed by atoms with Gasteiger partial charge in [0.15, 0.2) is 0 Å². The fourth-order valence-corrected chi connectivity index (χ4v) is 2.07. The van der Waals surface area contributed by atoms with Crippen LogP contribution in [0.1, 0.15) is 50.1 Å². The molecular weight excluding hydrogens is 266 g/mol. The second-order valence-corrected chi connectivity index (χ2v) is 5.00. The summed E-state index contributed by atoms with van der Waals surface area (Å²) in [7, 11) is 0. The van der Waals surface area contributed by atoms with Crippen molar-refractivity contribution in [3.63, 3.8) is 0 Å². The fraction of sp³-hybridized carbons (Fsp3) is 0.500. The Kier molecular flexibility index (Phi) is 5.75. The van der Waals surface area contributed by atoms with Gasteiger partial charge in [0.1, 0.15) is 6.10 Å². The summed E-state index contributed by atoms with van der Waals surface area (Å²) in [5.74, 6) is 1.21. The Balaban J connectivity index is 1.94. The normalized spacial score (nSPS) is 12.3. The minimum atomic E-state index is -0.0723. The summed E-state index contributed by atoms with van der Waals surface area (Å²) in [5, 5.41) is 7.30. The van der Waals surface area contributed by atoms with Crippen LogP contribution in [0.5, 0.6) is 0 Å². The Labute approximate surface area is 125 Å². The Hall–Kier alpha value is -1.88. The maximum absolute atomic E-state index is 5.65. The van der Waals surface area contributed by atoms with E-state index in [2.05, 4.69) is 41.4 Å². The van der Waals surface area contributed by atoms with Gasteiger partial charge in [0.05, 0.1) is 6.54 Å². The van der Waals surface area contributed by atoms with Crippen molar-refractivity contribution in [2.45, 2.75) is 46.3 Å². The second kappa shape index (κ2) is 7.78. The third-order valence-corrected chi connectivity index (χ3v) is 3.19. The average Bonchev–Trinajstić information content (AvgIpc) is 2.95. The molecule has 1 unspecified atom stereocenters. The van der Waals surface area contributed by atoms with E-state index in [0.29, 0.717) is 24.9 Å². The van der Waals surface area contributed by atoms with E-state index in [1.807, 2.05) is 19.1 Å². The number of ether oxygens (including phenoxy) is 1. The van der Waals surface area contributed by atoms with Gasteiger partial charge < -0.3 is 14.6 Å². The molecule has 0 saturated carbocycles. The summed E-state index contributed by atoms with van der Waals surface area (Å²) in [6.45, 7) is 7.32. The summed E-state index contributed by atoms with van der Waals surface area (Å²) in [5.41, 5.74) is 2.27. The quantitative estimate of drug-likeness (QED) is 0.799. The van der Waals surface area contributed by atoms with Crippen molar-refractivity contribution in [3.8, 4) is 0 Å². The van der Waals surface area contributed by atoms with E-state index in [4.69, 9.17) is 9.26 Å². The molecule has 0 fully saturated rings. The van der Waals surface area contributed by atoms with E-state index >= 15 is 0 Å². The average molecular weight is 289 g/mol. The van der Waals surface area contributed by atoms with Gasteiger partial charge in [0, 0.05) is 12.3 Å². The van der Waals surface area contributed by atoms with Crippen LogP contribution in [0, 0.1) is 6.92 Å². The predicted octanol–water partition coefficient (Wildman–Crippen LogP) is 3.87. The Morgan fingerprint density at radius 3 is 2.67 bits per heavy atom. The van der Waals surface area contributed by atoms with Gasteiger partial charge in [-0.2, -0.15) is 4.98 Å². The monoisotopic (exact) mass is 289 g/mol. The highest BCUT2D eigenvalue weighted by Crippen LogP contribution is 2.20. The molecule has 2 aromatic rings. The van der Waals surface area contributed by atoms with Gasteiger partial charge in [-0.15, -0.1) is 0 Å². The number of nitrogens with zero attached hydrogens (tertiary/aromatic N) is 2. The van der Waals surface area contributed by atoms with Crippen LogP contribution >= 0.6 is 0 Å². The zero-order valence-corrected chi connectivity index (χ0v) is 12.9. The number of hydrogen-bond acceptors (Lipinski definition) is 5. The largest absolute Gasteiger partial charge is 0.376 e. The van der Waals surface area contributed by atoms with Crippen molar-refractivity contribution in [1.29, 1.82) is 0 Å². The van der Waals surface area contributed by atoms with Crippen LogP contribution in [0.3, 0.4) is 0 Å². The van der Waals surface area contributed by atoms with E-state index in [1.165, 1.54) is 5.56 Å². The first-order valence-electron chi connectivity index (χ1n) is 7.47. The van der Waals surface area contributed by atoms with Crippen LogP contribution in [0.25, 0.3) is 0 Å². The molecule has 5 heteroatoms. The maximum Gasteiger partial charge on any atom is 0.246 e. The molecule has 0 aliphatic carbocycles. The molecule has 1 aromatic carbocycles. The van der Waals surface area contributed by atoms with Gasteiger partial charge in [0.25, 0.3) is 0 Å². The molecule has 0 aliphatic rings. The third-order valence-electron chi connectivity index (χ3n) is 3.19. The Morgan fingerprint density at radius 1 is 1.24 bits per heavy atom. The predicted molar refractivity (Wildman–Crippen MR) is 82.1 cm³/mol. The van der Waals surface area contributed by atoms with E-state index in [-0.39, 0.29) is 6.10 Å². The molecule has 0 saturated heterocycles. The number of hydrogen-bond donors (Lipinski definition) is 1. The minimum absolute atomic E-state index is 0.0723. The first-order valence-corrected chi connectivity index (χ1v) is 7.47. The van der Waals surface area contributed by atoms with Crippen molar-refractivity contribution in [1.82, 2.24) is 10.1 Å². The number of nitrogens with one attached hydrogen (secondary N) is 1. The molecule has 21 heavy (non-hydrogen) atoms. The molecule has 5 nitrogen and oxygen atoms in total. The molecule has 114 valence electrons. The lowest BCUT2D eigenvalue weighted by Crippen LogP contribution is -2.06. The molecule has 0 radical (unpaired) electrons.